The average Bonchev–Trinajstić information content (AvgIpc) is 2.92. The second-order valence-electron chi connectivity index (χ2n) is 9.55. The number of carbonyl (C=O) groups is 1. The molecule has 0 radical (unpaired) electrons. The molecule has 0 saturated carbocycles. The normalized spacial score (nSPS) is 15.8. The molecule has 0 spiro atoms. The van der Waals surface area contributed by atoms with Crippen molar-refractivity contribution in [3.8, 4) is 24.3 Å². The minimum absolute atomic E-state index is 0.445. The summed E-state index contributed by atoms with van der Waals surface area (Å²) >= 11 is 0. The zero-order valence-electron chi connectivity index (χ0n) is 22.5. The van der Waals surface area contributed by atoms with Gasteiger partial charge in [-0.3, -0.25) is 0 Å². The van der Waals surface area contributed by atoms with E-state index < -0.39 is 17.9 Å². The van der Waals surface area contributed by atoms with Gasteiger partial charge in [0.05, 0.1) is 58.4 Å². The Balaban J connectivity index is 1.58. The molecule has 4 rings (SSSR count). The topological polar surface area (TPSA) is 160 Å². The number of rotatable bonds is 4. The number of carbonyl (C=O) groups excluding carboxylic acids is 1. The molecular formula is C31H26N8O. The molecule has 0 saturated heterocycles. The monoisotopic (exact) mass is 526 g/mol. The van der Waals surface area contributed by atoms with Crippen LogP contribution in [0.25, 0.3) is 0 Å². The standard InChI is InChI=1S/C31H26N8O/c1-17-25(13-32)29(26(14-33)18(2)36-17)21-7-5-9-23(11-21)38-31(40)39-24-10-6-8-22(12-24)30-27(15-34)19(3)37-20(4)28(30)16-35/h5-12,29-30,36-37H,1-4H3,(H2,38,39,40). The Hall–Kier alpha value is -5.77. The second kappa shape index (κ2) is 11.3. The minimum Gasteiger partial charge on any atom is -0.361 e. The Labute approximate surface area is 233 Å². The predicted octanol–water partition coefficient (Wildman–Crippen LogP) is 5.89. The van der Waals surface area contributed by atoms with Crippen molar-refractivity contribution < 1.29 is 4.79 Å². The van der Waals surface area contributed by atoms with Crippen LogP contribution in [0.5, 0.6) is 0 Å². The smallest absolute Gasteiger partial charge is 0.323 e. The highest BCUT2D eigenvalue weighted by atomic mass is 16.2. The molecule has 0 aromatic heterocycles. The molecule has 2 aromatic carbocycles. The first-order valence-corrected chi connectivity index (χ1v) is 12.5. The van der Waals surface area contributed by atoms with Crippen LogP contribution in [0.2, 0.25) is 0 Å². The number of hydrogen-bond donors (Lipinski definition) is 4. The molecule has 9 nitrogen and oxygen atoms in total. The van der Waals surface area contributed by atoms with Crippen LogP contribution >= 0.6 is 0 Å². The number of nitriles is 4. The fourth-order valence-corrected chi connectivity index (χ4v) is 5.13. The van der Waals surface area contributed by atoms with Crippen LogP contribution in [0.4, 0.5) is 16.2 Å². The Morgan fingerprint density at radius 2 is 0.950 bits per heavy atom. The number of nitrogens with one attached hydrogen (secondary N) is 4. The summed E-state index contributed by atoms with van der Waals surface area (Å²) in [5.41, 5.74) is 6.90. The second-order valence-corrected chi connectivity index (χ2v) is 9.55. The quantitative estimate of drug-likeness (QED) is 0.386. The van der Waals surface area contributed by atoms with E-state index in [-0.39, 0.29) is 0 Å². The maximum atomic E-state index is 13.0. The number of dihydropyridines is 2. The van der Waals surface area contributed by atoms with Crippen molar-refractivity contribution >= 4 is 17.4 Å². The van der Waals surface area contributed by atoms with Crippen molar-refractivity contribution in [3.05, 3.63) is 105 Å². The number of nitrogens with zero attached hydrogens (tertiary/aromatic N) is 4. The molecule has 2 heterocycles. The molecule has 0 fully saturated rings. The van der Waals surface area contributed by atoms with Crippen molar-refractivity contribution in [2.45, 2.75) is 39.5 Å². The average molecular weight is 527 g/mol. The number of allylic oxidation sites excluding steroid dienone is 8. The Kier molecular flexibility index (Phi) is 7.71. The zero-order valence-corrected chi connectivity index (χ0v) is 22.5. The van der Waals surface area contributed by atoms with E-state index in [4.69, 9.17) is 0 Å². The molecule has 0 bridgehead atoms. The fourth-order valence-electron chi connectivity index (χ4n) is 5.13. The summed E-state index contributed by atoms with van der Waals surface area (Å²) in [5, 5.41) is 50.9. The Morgan fingerprint density at radius 1 is 0.625 bits per heavy atom. The van der Waals surface area contributed by atoms with Crippen LogP contribution in [0.1, 0.15) is 50.7 Å². The van der Waals surface area contributed by atoms with E-state index in [2.05, 4.69) is 45.5 Å². The zero-order chi connectivity index (χ0) is 29.0. The highest BCUT2D eigenvalue weighted by molar-refractivity contribution is 5.99. The van der Waals surface area contributed by atoms with Crippen molar-refractivity contribution in [2.75, 3.05) is 10.6 Å². The van der Waals surface area contributed by atoms with Gasteiger partial charge in [-0.2, -0.15) is 21.0 Å². The maximum Gasteiger partial charge on any atom is 0.323 e. The highest BCUT2D eigenvalue weighted by Crippen LogP contribution is 2.39. The van der Waals surface area contributed by atoms with Crippen molar-refractivity contribution in [1.82, 2.24) is 10.6 Å². The van der Waals surface area contributed by atoms with Crippen LogP contribution in [-0.4, -0.2) is 6.03 Å². The molecule has 2 aromatic rings. The van der Waals surface area contributed by atoms with E-state index in [1.165, 1.54) is 0 Å². The van der Waals surface area contributed by atoms with Crippen molar-refractivity contribution in [2.24, 2.45) is 0 Å². The SMILES string of the molecule is CC1=C(C#N)C(c2cccc(NC(=O)Nc3cccc(C4C(C#N)=C(C)NC(C)=C4C#N)c3)c2)C(C#N)=C(C)N1. The van der Waals surface area contributed by atoms with Gasteiger partial charge in [0.25, 0.3) is 0 Å². The van der Waals surface area contributed by atoms with E-state index in [9.17, 15) is 25.8 Å². The van der Waals surface area contributed by atoms with Crippen LogP contribution in [0.15, 0.2) is 93.6 Å². The van der Waals surface area contributed by atoms with E-state index in [1.807, 2.05) is 12.1 Å². The van der Waals surface area contributed by atoms with Gasteiger partial charge in [0.2, 0.25) is 0 Å². The number of urea groups is 1. The maximum absolute atomic E-state index is 13.0. The van der Waals surface area contributed by atoms with E-state index >= 15 is 0 Å². The molecule has 0 atom stereocenters. The molecule has 196 valence electrons. The lowest BCUT2D eigenvalue weighted by Crippen LogP contribution is -2.24. The number of hydrogen-bond acceptors (Lipinski definition) is 7. The van der Waals surface area contributed by atoms with Gasteiger partial charge in [-0.25, -0.2) is 4.79 Å². The molecule has 2 amide bonds. The third-order valence-electron chi connectivity index (χ3n) is 6.96. The molecule has 2 aliphatic heterocycles. The lowest BCUT2D eigenvalue weighted by Gasteiger charge is -2.26. The van der Waals surface area contributed by atoms with Gasteiger partial charge in [-0.15, -0.1) is 0 Å². The first-order valence-electron chi connectivity index (χ1n) is 12.5. The molecule has 0 unspecified atom stereocenters. The van der Waals surface area contributed by atoms with Crippen molar-refractivity contribution in [3.63, 3.8) is 0 Å². The van der Waals surface area contributed by atoms with Crippen LogP contribution in [0.3, 0.4) is 0 Å². The summed E-state index contributed by atoms with van der Waals surface area (Å²) in [6, 6.07) is 22.5. The van der Waals surface area contributed by atoms with Gasteiger partial charge in [-0.05, 0) is 63.1 Å². The van der Waals surface area contributed by atoms with Gasteiger partial charge in [-0.1, -0.05) is 24.3 Å². The first-order chi connectivity index (χ1) is 19.2. The summed E-state index contributed by atoms with van der Waals surface area (Å²) in [6.45, 7) is 7.18. The summed E-state index contributed by atoms with van der Waals surface area (Å²) in [5.74, 6) is -1.08. The molecule has 2 aliphatic rings. The Morgan fingerprint density at radius 3 is 1.25 bits per heavy atom. The van der Waals surface area contributed by atoms with Crippen LogP contribution in [-0.2, 0) is 0 Å². The van der Waals surface area contributed by atoms with E-state index in [0.717, 1.165) is 0 Å². The number of amides is 2. The van der Waals surface area contributed by atoms with Gasteiger partial charge >= 0.3 is 6.03 Å². The summed E-state index contributed by atoms with van der Waals surface area (Å²) in [4.78, 5) is 13.0. The predicted molar refractivity (Wildman–Crippen MR) is 151 cm³/mol. The molecule has 0 aliphatic carbocycles. The molecule has 9 heteroatoms. The largest absolute Gasteiger partial charge is 0.361 e. The van der Waals surface area contributed by atoms with Gasteiger partial charge in [0, 0.05) is 34.2 Å². The summed E-state index contributed by atoms with van der Waals surface area (Å²) < 4.78 is 0. The number of benzene rings is 2. The van der Waals surface area contributed by atoms with E-state index in [1.54, 1.807) is 64.1 Å². The van der Waals surface area contributed by atoms with Gasteiger partial charge < -0.3 is 21.3 Å². The fraction of sp³-hybridized carbons (Fsp3) is 0.194. The van der Waals surface area contributed by atoms with E-state index in [0.29, 0.717) is 67.6 Å². The first kappa shape index (κ1) is 27.3. The van der Waals surface area contributed by atoms with Crippen LogP contribution < -0.4 is 21.3 Å². The van der Waals surface area contributed by atoms with Gasteiger partial charge in [0.1, 0.15) is 0 Å². The van der Waals surface area contributed by atoms with Crippen molar-refractivity contribution in [1.29, 1.82) is 21.0 Å². The van der Waals surface area contributed by atoms with Gasteiger partial charge in [0.15, 0.2) is 0 Å². The molecule has 4 N–H and O–H groups in total. The third kappa shape index (κ3) is 5.14. The lowest BCUT2D eigenvalue weighted by molar-refractivity contribution is 0.262. The summed E-state index contributed by atoms with van der Waals surface area (Å²) in [6.07, 6.45) is 0. The minimum atomic E-state index is -0.542. The number of anilines is 2. The summed E-state index contributed by atoms with van der Waals surface area (Å²) in [7, 11) is 0. The van der Waals surface area contributed by atoms with Crippen LogP contribution in [0, 0.1) is 45.3 Å². The Bertz CT molecular complexity index is 1520. The molecular weight excluding hydrogens is 500 g/mol. The highest BCUT2D eigenvalue weighted by Gasteiger charge is 2.30. The lowest BCUT2D eigenvalue weighted by atomic mass is 9.81. The molecule has 40 heavy (non-hydrogen) atoms. The third-order valence-corrected chi connectivity index (χ3v) is 6.96.